The Morgan fingerprint density at radius 2 is 1.87 bits per heavy atom. The monoisotopic (exact) mass is 216 g/mol. The predicted octanol–water partition coefficient (Wildman–Crippen LogP) is 0.0708. The van der Waals surface area contributed by atoms with Crippen LogP contribution in [0.5, 0.6) is 0 Å². The lowest BCUT2D eigenvalue weighted by molar-refractivity contribution is 0.0934. The van der Waals surface area contributed by atoms with E-state index < -0.39 is 0 Å². The van der Waals surface area contributed by atoms with Crippen LogP contribution in [0.4, 0.5) is 0 Å². The second kappa shape index (κ2) is 9.09. The van der Waals surface area contributed by atoms with Crippen LogP contribution >= 0.6 is 0 Å². The first kappa shape index (κ1) is 12.9. The summed E-state index contributed by atoms with van der Waals surface area (Å²) in [4.78, 5) is 2.52. The fourth-order valence-corrected chi connectivity index (χ4v) is 1.86. The third-order valence-corrected chi connectivity index (χ3v) is 2.71. The summed E-state index contributed by atoms with van der Waals surface area (Å²) in [7, 11) is 0. The van der Waals surface area contributed by atoms with Gasteiger partial charge in [0.2, 0.25) is 0 Å². The van der Waals surface area contributed by atoms with Crippen molar-refractivity contribution >= 4 is 0 Å². The van der Waals surface area contributed by atoms with Crippen molar-refractivity contribution in [3.8, 4) is 0 Å². The molecule has 2 N–H and O–H groups in total. The Morgan fingerprint density at radius 3 is 2.60 bits per heavy atom. The van der Waals surface area contributed by atoms with Gasteiger partial charge in [-0.1, -0.05) is 6.42 Å². The minimum absolute atomic E-state index is 0.119. The van der Waals surface area contributed by atoms with Crippen molar-refractivity contribution in [1.29, 1.82) is 0 Å². The van der Waals surface area contributed by atoms with Crippen LogP contribution in [0.25, 0.3) is 0 Å². The Kier molecular flexibility index (Phi) is 7.83. The number of rotatable bonds is 8. The maximum absolute atomic E-state index is 8.49. The lowest BCUT2D eigenvalue weighted by Gasteiger charge is -2.26. The molecule has 0 aromatic rings. The minimum atomic E-state index is 0.119. The van der Waals surface area contributed by atoms with E-state index in [-0.39, 0.29) is 6.61 Å². The molecule has 0 unspecified atom stereocenters. The smallest absolute Gasteiger partial charge is 0.0698 e. The topological polar surface area (TPSA) is 44.7 Å². The molecule has 1 fully saturated rings. The molecule has 15 heavy (non-hydrogen) atoms. The highest BCUT2D eigenvalue weighted by Gasteiger charge is 2.08. The summed E-state index contributed by atoms with van der Waals surface area (Å²) < 4.78 is 5.15. The molecule has 0 atom stereocenters. The van der Waals surface area contributed by atoms with Crippen LogP contribution < -0.4 is 5.32 Å². The van der Waals surface area contributed by atoms with Crippen LogP contribution in [0, 0.1) is 0 Å². The van der Waals surface area contributed by atoms with E-state index in [1.54, 1.807) is 0 Å². The van der Waals surface area contributed by atoms with Gasteiger partial charge in [0.25, 0.3) is 0 Å². The van der Waals surface area contributed by atoms with Crippen molar-refractivity contribution in [3.63, 3.8) is 0 Å². The first-order valence-corrected chi connectivity index (χ1v) is 6.05. The molecule has 1 heterocycles. The number of hydrogen-bond donors (Lipinski definition) is 2. The van der Waals surface area contributed by atoms with E-state index in [1.165, 1.54) is 32.4 Å². The molecule has 0 bridgehead atoms. The van der Waals surface area contributed by atoms with Gasteiger partial charge in [-0.05, 0) is 25.9 Å². The van der Waals surface area contributed by atoms with Crippen molar-refractivity contribution in [2.24, 2.45) is 0 Å². The summed E-state index contributed by atoms with van der Waals surface area (Å²) in [6.07, 6.45) is 4.12. The Balaban J connectivity index is 1.79. The van der Waals surface area contributed by atoms with Gasteiger partial charge in [-0.15, -0.1) is 0 Å². The van der Waals surface area contributed by atoms with Crippen LogP contribution in [0.1, 0.15) is 19.3 Å². The largest absolute Gasteiger partial charge is 0.394 e. The Morgan fingerprint density at radius 1 is 1.07 bits per heavy atom. The molecule has 1 rings (SSSR count). The van der Waals surface area contributed by atoms with Crippen molar-refractivity contribution in [1.82, 2.24) is 10.2 Å². The number of ether oxygens (including phenoxy) is 1. The summed E-state index contributed by atoms with van der Waals surface area (Å²) in [6, 6.07) is 0. The van der Waals surface area contributed by atoms with Crippen LogP contribution in [0.2, 0.25) is 0 Å². The van der Waals surface area contributed by atoms with Crippen molar-refractivity contribution in [2.75, 3.05) is 52.5 Å². The average Bonchev–Trinajstić information content (AvgIpc) is 2.29. The normalized spacial score (nSPS) is 18.2. The number of piperidine rings is 1. The van der Waals surface area contributed by atoms with Crippen LogP contribution in [0.3, 0.4) is 0 Å². The molecule has 0 aromatic carbocycles. The van der Waals surface area contributed by atoms with Gasteiger partial charge >= 0.3 is 0 Å². The molecule has 0 aliphatic carbocycles. The zero-order valence-electron chi connectivity index (χ0n) is 9.58. The van der Waals surface area contributed by atoms with E-state index in [0.29, 0.717) is 13.2 Å². The van der Waals surface area contributed by atoms with E-state index in [2.05, 4.69) is 10.2 Å². The molecule has 0 radical (unpaired) electrons. The highest BCUT2D eigenvalue weighted by Crippen LogP contribution is 2.06. The lowest BCUT2D eigenvalue weighted by Crippen LogP contribution is -2.36. The second-order valence-corrected chi connectivity index (χ2v) is 3.99. The Labute approximate surface area is 92.6 Å². The summed E-state index contributed by atoms with van der Waals surface area (Å²) >= 11 is 0. The zero-order valence-corrected chi connectivity index (χ0v) is 9.58. The maximum atomic E-state index is 8.49. The van der Waals surface area contributed by atoms with Gasteiger partial charge in [-0.3, -0.25) is 0 Å². The number of hydrogen-bond acceptors (Lipinski definition) is 4. The average molecular weight is 216 g/mol. The fraction of sp³-hybridized carbons (Fsp3) is 1.00. The third kappa shape index (κ3) is 6.84. The SMILES string of the molecule is OCCOCCNCCN1CCCCC1. The minimum Gasteiger partial charge on any atom is -0.394 e. The highest BCUT2D eigenvalue weighted by atomic mass is 16.5. The van der Waals surface area contributed by atoms with E-state index in [0.717, 1.165) is 19.6 Å². The summed E-state index contributed by atoms with van der Waals surface area (Å²) in [5.74, 6) is 0. The summed E-state index contributed by atoms with van der Waals surface area (Å²) in [6.45, 7) is 6.88. The van der Waals surface area contributed by atoms with Gasteiger partial charge in [-0.25, -0.2) is 0 Å². The third-order valence-electron chi connectivity index (χ3n) is 2.71. The van der Waals surface area contributed by atoms with Gasteiger partial charge in [0.05, 0.1) is 19.8 Å². The van der Waals surface area contributed by atoms with Crippen LogP contribution in [0.15, 0.2) is 0 Å². The Hall–Kier alpha value is -0.160. The lowest BCUT2D eigenvalue weighted by atomic mass is 10.1. The molecule has 1 saturated heterocycles. The molecule has 90 valence electrons. The van der Waals surface area contributed by atoms with Crippen LogP contribution in [-0.2, 0) is 4.74 Å². The molecular formula is C11H24N2O2. The molecular weight excluding hydrogens is 192 g/mol. The van der Waals surface area contributed by atoms with Gasteiger partial charge < -0.3 is 20.1 Å². The quantitative estimate of drug-likeness (QED) is 0.564. The van der Waals surface area contributed by atoms with Crippen molar-refractivity contribution in [2.45, 2.75) is 19.3 Å². The molecule has 4 heteroatoms. The number of nitrogens with one attached hydrogen (secondary N) is 1. The maximum Gasteiger partial charge on any atom is 0.0698 e. The van der Waals surface area contributed by atoms with E-state index in [1.807, 2.05) is 0 Å². The molecule has 0 spiro atoms. The molecule has 4 nitrogen and oxygen atoms in total. The molecule has 1 aliphatic rings. The van der Waals surface area contributed by atoms with E-state index >= 15 is 0 Å². The van der Waals surface area contributed by atoms with Gasteiger partial charge in [0.15, 0.2) is 0 Å². The number of aliphatic hydroxyl groups excluding tert-OH is 1. The molecule has 1 aliphatic heterocycles. The molecule has 0 amide bonds. The van der Waals surface area contributed by atoms with E-state index in [9.17, 15) is 0 Å². The standard InChI is InChI=1S/C11H24N2O2/c14-9-11-15-10-5-12-4-8-13-6-2-1-3-7-13/h12,14H,1-11H2. The Bertz CT molecular complexity index is 139. The number of nitrogens with zero attached hydrogens (tertiary/aromatic N) is 1. The highest BCUT2D eigenvalue weighted by molar-refractivity contribution is 4.65. The summed E-state index contributed by atoms with van der Waals surface area (Å²) in [5.41, 5.74) is 0. The van der Waals surface area contributed by atoms with Gasteiger partial charge in [0.1, 0.15) is 0 Å². The number of likely N-dealkylation sites (tertiary alicyclic amines) is 1. The van der Waals surface area contributed by atoms with Crippen LogP contribution in [-0.4, -0.2) is 62.6 Å². The zero-order chi connectivity index (χ0) is 10.8. The van der Waals surface area contributed by atoms with Gasteiger partial charge in [0, 0.05) is 19.6 Å². The first-order valence-electron chi connectivity index (χ1n) is 6.05. The first-order chi connectivity index (χ1) is 7.43. The second-order valence-electron chi connectivity index (χ2n) is 3.99. The number of aliphatic hydroxyl groups is 1. The van der Waals surface area contributed by atoms with Crippen molar-refractivity contribution in [3.05, 3.63) is 0 Å². The van der Waals surface area contributed by atoms with Gasteiger partial charge in [-0.2, -0.15) is 0 Å². The van der Waals surface area contributed by atoms with E-state index in [4.69, 9.17) is 9.84 Å². The fourth-order valence-electron chi connectivity index (χ4n) is 1.86. The summed E-state index contributed by atoms with van der Waals surface area (Å²) in [5, 5.41) is 11.8. The molecule has 0 aromatic heterocycles. The van der Waals surface area contributed by atoms with Crippen molar-refractivity contribution < 1.29 is 9.84 Å². The molecule has 0 saturated carbocycles. The predicted molar refractivity (Wildman–Crippen MR) is 61.1 cm³/mol.